The van der Waals surface area contributed by atoms with Gasteiger partial charge in [0.15, 0.2) is 18.2 Å². The third-order valence-electron chi connectivity index (χ3n) is 2.10. The number of benzene rings is 1. The van der Waals surface area contributed by atoms with Crippen LogP contribution < -0.4 is 0 Å². The van der Waals surface area contributed by atoms with Gasteiger partial charge in [-0.25, -0.2) is 11.6 Å². The number of aromatic nitrogens is 1. The van der Waals surface area contributed by atoms with Gasteiger partial charge in [-0.1, -0.05) is 5.11 Å². The van der Waals surface area contributed by atoms with Crippen molar-refractivity contribution in [3.8, 4) is 17.4 Å². The Morgan fingerprint density at radius 2 is 2.17 bits per heavy atom. The smallest absolute Gasteiger partial charge is 0.418 e. The number of hydrogen-bond donors (Lipinski definition) is 0. The highest BCUT2D eigenvalue weighted by molar-refractivity contribution is 5.59. The van der Waals surface area contributed by atoms with E-state index in [1.54, 1.807) is 36.5 Å². The van der Waals surface area contributed by atoms with Crippen LogP contribution in [0, 0.1) is 17.9 Å². The second kappa shape index (κ2) is 5.37. The number of hydrogen-bond acceptors (Lipinski definition) is 5. The third-order valence-corrected chi connectivity index (χ3v) is 2.10. The minimum atomic E-state index is -1.08. The topological polar surface area (TPSA) is 78.9 Å². The SMILES string of the molecule is [C-]#[N+]C(C#N)N=Nc1ccc(-c2cnco2)cc1. The van der Waals surface area contributed by atoms with Crippen molar-refractivity contribution in [2.24, 2.45) is 10.2 Å². The van der Waals surface area contributed by atoms with Crippen molar-refractivity contribution in [3.05, 3.63) is 48.3 Å². The average Bonchev–Trinajstić information content (AvgIpc) is 2.94. The third kappa shape index (κ3) is 2.57. The molecular weight excluding hydrogens is 230 g/mol. The Balaban J connectivity index is 2.14. The summed E-state index contributed by atoms with van der Waals surface area (Å²) in [5.74, 6) is 0.662. The highest BCUT2D eigenvalue weighted by Gasteiger charge is 2.06. The van der Waals surface area contributed by atoms with Crippen LogP contribution in [0.15, 0.2) is 51.5 Å². The molecule has 0 saturated heterocycles. The van der Waals surface area contributed by atoms with E-state index in [0.717, 1.165) is 5.56 Å². The largest absolute Gasteiger partial charge is 0.444 e. The van der Waals surface area contributed by atoms with E-state index in [9.17, 15) is 0 Å². The van der Waals surface area contributed by atoms with Crippen LogP contribution >= 0.6 is 0 Å². The summed E-state index contributed by atoms with van der Waals surface area (Å²) in [6.45, 7) is 6.68. The number of nitrogens with zero attached hydrogens (tertiary/aromatic N) is 5. The van der Waals surface area contributed by atoms with Crippen LogP contribution in [-0.4, -0.2) is 11.1 Å². The minimum Gasteiger partial charge on any atom is -0.444 e. The molecule has 6 nitrogen and oxygen atoms in total. The Bertz CT molecular complexity index is 602. The first-order chi connectivity index (χ1) is 8.83. The molecule has 0 aliphatic rings. The molecule has 18 heavy (non-hydrogen) atoms. The van der Waals surface area contributed by atoms with Crippen molar-refractivity contribution in [1.29, 1.82) is 5.26 Å². The maximum Gasteiger partial charge on any atom is 0.418 e. The molecule has 0 spiro atoms. The van der Waals surface area contributed by atoms with Gasteiger partial charge in [0.1, 0.15) is 0 Å². The Labute approximate surface area is 103 Å². The number of azo groups is 1. The van der Waals surface area contributed by atoms with Gasteiger partial charge >= 0.3 is 6.17 Å². The zero-order valence-electron chi connectivity index (χ0n) is 9.19. The lowest BCUT2D eigenvalue weighted by Crippen LogP contribution is -1.88. The van der Waals surface area contributed by atoms with Gasteiger partial charge in [0.2, 0.25) is 0 Å². The van der Waals surface area contributed by atoms with Gasteiger partial charge in [-0.05, 0) is 24.3 Å². The Kier molecular flexibility index (Phi) is 3.43. The van der Waals surface area contributed by atoms with Crippen molar-refractivity contribution in [1.82, 2.24) is 4.98 Å². The zero-order valence-corrected chi connectivity index (χ0v) is 9.19. The lowest BCUT2D eigenvalue weighted by Gasteiger charge is -1.96. The second-order valence-corrected chi connectivity index (χ2v) is 3.26. The molecule has 2 rings (SSSR count). The standard InChI is InChI=1S/C12H7N5O/c1-14-12(6-13)17-16-10-4-2-9(3-5-10)11-7-15-8-18-11/h2-5,7-8,12H. The van der Waals surface area contributed by atoms with E-state index < -0.39 is 6.17 Å². The van der Waals surface area contributed by atoms with Gasteiger partial charge in [-0.3, -0.25) is 4.85 Å². The molecular formula is C12H7N5O. The molecule has 0 amide bonds. The summed E-state index contributed by atoms with van der Waals surface area (Å²) < 4.78 is 5.14. The normalized spacial score (nSPS) is 11.9. The molecule has 0 N–H and O–H groups in total. The van der Waals surface area contributed by atoms with Gasteiger partial charge in [-0.15, -0.1) is 5.11 Å². The average molecular weight is 237 g/mol. The molecule has 1 unspecified atom stereocenters. The van der Waals surface area contributed by atoms with Gasteiger partial charge in [-0.2, -0.15) is 5.26 Å². The first-order valence-electron chi connectivity index (χ1n) is 4.99. The van der Waals surface area contributed by atoms with E-state index in [-0.39, 0.29) is 0 Å². The monoisotopic (exact) mass is 237 g/mol. The Hall–Kier alpha value is -2.99. The maximum absolute atomic E-state index is 8.54. The van der Waals surface area contributed by atoms with Crippen molar-refractivity contribution in [3.63, 3.8) is 0 Å². The molecule has 0 bridgehead atoms. The van der Waals surface area contributed by atoms with Crippen LogP contribution in [0.25, 0.3) is 16.2 Å². The second-order valence-electron chi connectivity index (χ2n) is 3.26. The number of nitriles is 1. The first-order valence-corrected chi connectivity index (χ1v) is 4.99. The Morgan fingerprint density at radius 1 is 1.39 bits per heavy atom. The van der Waals surface area contributed by atoms with E-state index in [0.29, 0.717) is 11.4 Å². The lowest BCUT2D eigenvalue weighted by molar-refractivity contribution is 0.572. The molecule has 0 saturated carbocycles. The molecule has 0 radical (unpaired) electrons. The Morgan fingerprint density at radius 3 is 2.72 bits per heavy atom. The van der Waals surface area contributed by atoms with Gasteiger partial charge in [0, 0.05) is 5.56 Å². The quantitative estimate of drug-likeness (QED) is 0.607. The molecule has 0 aliphatic heterocycles. The molecule has 2 aromatic rings. The molecule has 1 atom stereocenters. The van der Waals surface area contributed by atoms with Crippen molar-refractivity contribution < 1.29 is 4.42 Å². The lowest BCUT2D eigenvalue weighted by atomic mass is 10.2. The fourth-order valence-corrected chi connectivity index (χ4v) is 1.25. The number of rotatable bonds is 3. The van der Waals surface area contributed by atoms with E-state index in [4.69, 9.17) is 16.3 Å². The summed E-state index contributed by atoms with van der Waals surface area (Å²) in [7, 11) is 0. The highest BCUT2D eigenvalue weighted by atomic mass is 16.3. The molecule has 86 valence electrons. The van der Waals surface area contributed by atoms with Crippen LogP contribution in [0.4, 0.5) is 5.69 Å². The summed E-state index contributed by atoms with van der Waals surface area (Å²) in [4.78, 5) is 6.81. The molecule has 0 aliphatic carbocycles. The first kappa shape index (κ1) is 11.5. The summed E-state index contributed by atoms with van der Waals surface area (Å²) in [6, 6.07) is 8.76. The molecule has 1 aromatic carbocycles. The van der Waals surface area contributed by atoms with E-state index >= 15 is 0 Å². The summed E-state index contributed by atoms with van der Waals surface area (Å²) in [5.41, 5.74) is 1.44. The summed E-state index contributed by atoms with van der Waals surface area (Å²) in [6.07, 6.45) is 1.89. The van der Waals surface area contributed by atoms with E-state index in [1.165, 1.54) is 6.39 Å². The number of oxazole rings is 1. The summed E-state index contributed by atoms with van der Waals surface area (Å²) in [5, 5.41) is 15.9. The highest BCUT2D eigenvalue weighted by Crippen LogP contribution is 2.22. The van der Waals surface area contributed by atoms with Gasteiger partial charge in [0.25, 0.3) is 0 Å². The van der Waals surface area contributed by atoms with Crippen LogP contribution in [0.3, 0.4) is 0 Å². The van der Waals surface area contributed by atoms with Crippen LogP contribution in [0.1, 0.15) is 0 Å². The molecule has 6 heteroatoms. The summed E-state index contributed by atoms with van der Waals surface area (Å²) >= 11 is 0. The predicted molar refractivity (Wildman–Crippen MR) is 62.5 cm³/mol. The molecule has 0 fully saturated rings. The van der Waals surface area contributed by atoms with Crippen LogP contribution in [0.2, 0.25) is 0 Å². The van der Waals surface area contributed by atoms with E-state index in [1.807, 2.05) is 0 Å². The van der Waals surface area contributed by atoms with Crippen LogP contribution in [0.5, 0.6) is 0 Å². The van der Waals surface area contributed by atoms with Crippen molar-refractivity contribution >= 4 is 5.69 Å². The van der Waals surface area contributed by atoms with Gasteiger partial charge < -0.3 is 4.42 Å². The minimum absolute atomic E-state index is 0.571. The van der Waals surface area contributed by atoms with Crippen molar-refractivity contribution in [2.75, 3.05) is 0 Å². The maximum atomic E-state index is 8.54. The fraction of sp³-hybridized carbons (Fsp3) is 0.0833. The zero-order chi connectivity index (χ0) is 12.8. The van der Waals surface area contributed by atoms with Gasteiger partial charge in [0.05, 0.1) is 11.9 Å². The van der Waals surface area contributed by atoms with Crippen LogP contribution in [-0.2, 0) is 0 Å². The molecule has 1 aromatic heterocycles. The predicted octanol–water partition coefficient (Wildman–Crippen LogP) is 3.19. The molecule has 1 heterocycles. The van der Waals surface area contributed by atoms with Crippen molar-refractivity contribution in [2.45, 2.75) is 6.17 Å². The fourth-order valence-electron chi connectivity index (χ4n) is 1.25. The van der Waals surface area contributed by atoms with E-state index in [2.05, 4.69) is 20.1 Å².